The van der Waals surface area contributed by atoms with E-state index in [4.69, 9.17) is 9.84 Å². The Labute approximate surface area is 190 Å². The molecule has 0 bridgehead atoms. The molecule has 2 rings (SSSR count). The summed E-state index contributed by atoms with van der Waals surface area (Å²) in [6.07, 6.45) is -0.00658. The van der Waals surface area contributed by atoms with E-state index in [1.807, 2.05) is 0 Å². The van der Waals surface area contributed by atoms with Gasteiger partial charge in [-0.3, -0.25) is 9.36 Å². The lowest BCUT2D eigenvalue weighted by molar-refractivity contribution is -0.143. The summed E-state index contributed by atoms with van der Waals surface area (Å²) >= 11 is 6.72. The fourth-order valence-corrected chi connectivity index (χ4v) is 4.73. The van der Waals surface area contributed by atoms with Gasteiger partial charge in [0.2, 0.25) is 7.37 Å². The van der Waals surface area contributed by atoms with E-state index < -0.39 is 24.8 Å². The van der Waals surface area contributed by atoms with Crippen LogP contribution in [0.3, 0.4) is 0 Å². The summed E-state index contributed by atoms with van der Waals surface area (Å²) in [5, 5.41) is 21.5. The van der Waals surface area contributed by atoms with Crippen LogP contribution in [0.4, 0.5) is 0 Å². The number of ether oxygens (including phenoxy) is 1. The Morgan fingerprint density at radius 2 is 1.73 bits per heavy atom. The van der Waals surface area contributed by atoms with E-state index in [9.17, 15) is 24.2 Å². The normalized spacial score (nSPS) is 13.4. The molecule has 8 nitrogen and oxygen atoms in total. The zero-order chi connectivity index (χ0) is 22.9. The van der Waals surface area contributed by atoms with E-state index in [2.05, 4.69) is 37.2 Å². The molecule has 0 fully saturated rings. The monoisotopic (exact) mass is 563 g/mol. The highest BCUT2D eigenvalue weighted by atomic mass is 79.9. The van der Waals surface area contributed by atoms with Gasteiger partial charge in [-0.2, -0.15) is 0 Å². The van der Waals surface area contributed by atoms with Crippen LogP contribution in [0.1, 0.15) is 29.8 Å². The van der Waals surface area contributed by atoms with Crippen molar-refractivity contribution >= 4 is 51.1 Å². The molecule has 0 aliphatic heterocycles. The van der Waals surface area contributed by atoms with Crippen LogP contribution in [-0.2, 0) is 15.5 Å². The van der Waals surface area contributed by atoms with E-state index in [1.54, 1.807) is 12.1 Å². The molecule has 2 aromatic carbocycles. The first-order valence-electron chi connectivity index (χ1n) is 8.53. The number of hydrogen-bond acceptors (Lipinski definition) is 5. The predicted octanol–water partition coefficient (Wildman–Crippen LogP) is 4.70. The van der Waals surface area contributed by atoms with Gasteiger partial charge in [-0.25, -0.2) is 4.79 Å². The van der Waals surface area contributed by atoms with Gasteiger partial charge in [-0.05, 0) is 81.6 Å². The fourth-order valence-electron chi connectivity index (χ4n) is 2.42. The first-order chi connectivity index (χ1) is 13.7. The van der Waals surface area contributed by atoms with Gasteiger partial charge in [0.1, 0.15) is 17.0 Å². The van der Waals surface area contributed by atoms with Gasteiger partial charge >= 0.3 is 5.97 Å². The Balaban J connectivity index is 2.32. The van der Waals surface area contributed by atoms with Crippen molar-refractivity contribution in [2.75, 3.05) is 6.66 Å². The van der Waals surface area contributed by atoms with Crippen LogP contribution in [0.25, 0.3) is 0 Å². The van der Waals surface area contributed by atoms with Crippen molar-refractivity contribution in [1.82, 2.24) is 5.32 Å². The summed E-state index contributed by atoms with van der Waals surface area (Å²) in [5.41, 5.74) is -1.07. The molecular weight excluding hydrogens is 545 g/mol. The zero-order valence-electron chi connectivity index (χ0n) is 16.3. The number of carbonyl (C=O) groups is 2. The number of rotatable bonds is 7. The molecule has 1 atom stereocenters. The van der Waals surface area contributed by atoms with Gasteiger partial charge in [0.15, 0.2) is 5.75 Å². The number of phenolic OH excluding ortho intramolecular Hbond substituents is 1. The molecular formula is C19H20Br2NO7P. The third kappa shape index (κ3) is 6.31. The van der Waals surface area contributed by atoms with E-state index in [-0.39, 0.29) is 23.2 Å². The summed E-state index contributed by atoms with van der Waals surface area (Å²) < 4.78 is 18.5. The molecule has 162 valence electrons. The van der Waals surface area contributed by atoms with Crippen molar-refractivity contribution in [3.63, 3.8) is 0 Å². The lowest BCUT2D eigenvalue weighted by Crippen LogP contribution is -2.49. The Kier molecular flexibility index (Phi) is 7.40. The SMILES string of the molecule is CC(C)(NC(=O)c1cc(Oc2c(Br)cc(CP(C)(=O)O)cc2Br)ccc1O)C(=O)O. The number of benzene rings is 2. The number of carboxylic acids is 1. The molecule has 0 saturated carbocycles. The average Bonchev–Trinajstić information content (AvgIpc) is 2.57. The second-order valence-corrected chi connectivity index (χ2v) is 11.4. The maximum absolute atomic E-state index is 12.4. The molecule has 0 aliphatic carbocycles. The summed E-state index contributed by atoms with van der Waals surface area (Å²) in [5.74, 6) is -1.78. The number of aromatic hydroxyl groups is 1. The number of carboxylic acid groups (broad SMARTS) is 1. The average molecular weight is 565 g/mol. The minimum Gasteiger partial charge on any atom is -0.507 e. The van der Waals surface area contributed by atoms with Gasteiger partial charge in [0.05, 0.1) is 14.5 Å². The first-order valence-corrected chi connectivity index (χ1v) is 12.4. The Bertz CT molecular complexity index is 1030. The van der Waals surface area contributed by atoms with Crippen molar-refractivity contribution in [1.29, 1.82) is 0 Å². The lowest BCUT2D eigenvalue weighted by atomic mass is 10.0. The van der Waals surface area contributed by atoms with E-state index >= 15 is 0 Å². The van der Waals surface area contributed by atoms with Gasteiger partial charge in [0, 0.05) is 12.8 Å². The quantitative estimate of drug-likeness (QED) is 0.358. The molecule has 2 aromatic rings. The summed E-state index contributed by atoms with van der Waals surface area (Å²) in [4.78, 5) is 33.2. The molecule has 0 saturated heterocycles. The number of aliphatic carboxylic acids is 1. The maximum Gasteiger partial charge on any atom is 0.328 e. The highest BCUT2D eigenvalue weighted by Gasteiger charge is 2.30. The second-order valence-electron chi connectivity index (χ2n) is 7.26. The van der Waals surface area contributed by atoms with E-state index in [1.165, 1.54) is 38.7 Å². The Hall–Kier alpha value is -1.87. The first kappa shape index (κ1) is 24.4. The zero-order valence-corrected chi connectivity index (χ0v) is 20.3. The van der Waals surface area contributed by atoms with Gasteiger partial charge < -0.3 is 25.2 Å². The summed E-state index contributed by atoms with van der Waals surface area (Å²) in [6, 6.07) is 7.28. The molecule has 4 N–H and O–H groups in total. The lowest BCUT2D eigenvalue weighted by Gasteiger charge is -2.21. The number of phenols is 1. The molecule has 1 amide bonds. The largest absolute Gasteiger partial charge is 0.507 e. The van der Waals surface area contributed by atoms with Crippen LogP contribution in [-0.4, -0.2) is 39.2 Å². The molecule has 30 heavy (non-hydrogen) atoms. The van der Waals surface area contributed by atoms with Crippen LogP contribution in [0, 0.1) is 0 Å². The third-order valence-corrected chi connectivity index (χ3v) is 6.06. The fraction of sp³-hybridized carbons (Fsp3) is 0.263. The number of halogens is 2. The van der Waals surface area contributed by atoms with E-state index in [0.717, 1.165) is 0 Å². The van der Waals surface area contributed by atoms with Crippen LogP contribution >= 0.6 is 39.2 Å². The standard InChI is InChI=1S/C19H20Br2NO7P/c1-19(2,18(25)26)22-17(24)12-8-11(4-5-15(12)23)29-16-13(20)6-10(7-14(16)21)9-30(3,27)28/h4-8,23H,9H2,1-3H3,(H,22,24)(H,25,26)(H,27,28). The molecule has 0 aliphatic rings. The highest BCUT2D eigenvalue weighted by Crippen LogP contribution is 2.44. The van der Waals surface area contributed by atoms with Crippen molar-refractivity contribution in [2.45, 2.75) is 25.5 Å². The molecule has 0 spiro atoms. The van der Waals surface area contributed by atoms with Crippen molar-refractivity contribution in [2.24, 2.45) is 0 Å². The summed E-state index contributed by atoms with van der Waals surface area (Å²) in [7, 11) is -3.25. The third-order valence-electron chi connectivity index (χ3n) is 3.93. The molecule has 1 unspecified atom stereocenters. The van der Waals surface area contributed by atoms with Gasteiger partial charge in [-0.15, -0.1) is 0 Å². The van der Waals surface area contributed by atoms with Crippen molar-refractivity contribution < 1.29 is 34.0 Å². The van der Waals surface area contributed by atoms with Crippen LogP contribution in [0.2, 0.25) is 0 Å². The number of nitrogens with one attached hydrogen (secondary N) is 1. The maximum atomic E-state index is 12.4. The minimum absolute atomic E-state index is 0.00658. The molecule has 0 heterocycles. The smallest absolute Gasteiger partial charge is 0.328 e. The Morgan fingerprint density at radius 1 is 1.17 bits per heavy atom. The molecule has 0 radical (unpaired) electrons. The van der Waals surface area contributed by atoms with E-state index in [0.29, 0.717) is 20.3 Å². The van der Waals surface area contributed by atoms with Crippen molar-refractivity contribution in [3.05, 3.63) is 50.4 Å². The highest BCUT2D eigenvalue weighted by molar-refractivity contribution is 9.11. The van der Waals surface area contributed by atoms with Crippen LogP contribution < -0.4 is 10.1 Å². The minimum atomic E-state index is -3.25. The predicted molar refractivity (Wildman–Crippen MR) is 119 cm³/mol. The number of carbonyl (C=O) groups excluding carboxylic acids is 1. The van der Waals surface area contributed by atoms with Gasteiger partial charge in [-0.1, -0.05) is 0 Å². The topological polar surface area (TPSA) is 133 Å². The molecule has 11 heteroatoms. The number of amides is 1. The molecule has 0 aromatic heterocycles. The van der Waals surface area contributed by atoms with Crippen LogP contribution in [0.15, 0.2) is 39.3 Å². The Morgan fingerprint density at radius 3 is 2.23 bits per heavy atom. The van der Waals surface area contributed by atoms with Crippen LogP contribution in [0.5, 0.6) is 17.2 Å². The number of hydrogen-bond donors (Lipinski definition) is 4. The van der Waals surface area contributed by atoms with Gasteiger partial charge in [0.25, 0.3) is 5.91 Å². The summed E-state index contributed by atoms with van der Waals surface area (Å²) in [6.45, 7) is 3.91. The second kappa shape index (κ2) is 9.09. The van der Waals surface area contributed by atoms with Crippen molar-refractivity contribution in [3.8, 4) is 17.2 Å².